The van der Waals surface area contributed by atoms with Crippen LogP contribution in [0.3, 0.4) is 0 Å². The van der Waals surface area contributed by atoms with Crippen molar-refractivity contribution >= 4 is 35.0 Å². The van der Waals surface area contributed by atoms with Gasteiger partial charge in [-0.3, -0.25) is 4.98 Å². The standard InChI is InChI=1S/C22H28ClN7O4/c1-22(2,3)34-21(31)26-6-4-7-32-15-10-27-14-5-8-33-20(14)19(15)13(24)9-17(25)30-18-12-28-16(23)11-29-18/h9-12H,4-8,24H2,1-3H3,(H,26,31)(H2,25,29,30)/b13-9-. The average molecular weight is 490 g/mol. The molecule has 0 aromatic carbocycles. The normalized spacial score (nSPS) is 13.8. The SMILES string of the molecule is CC(C)(C)OC(=O)NCCCOc1cnc2c(c1/C(N)=C/C(N)=Nc1cnc(Cl)cn1)OCC2. The minimum Gasteiger partial charge on any atom is -0.491 e. The molecule has 3 heterocycles. The molecule has 0 aliphatic carbocycles. The van der Waals surface area contributed by atoms with Crippen molar-refractivity contribution < 1.29 is 19.0 Å². The Morgan fingerprint density at radius 1 is 1.26 bits per heavy atom. The van der Waals surface area contributed by atoms with Crippen LogP contribution in [0.5, 0.6) is 11.5 Å². The largest absolute Gasteiger partial charge is 0.491 e. The fourth-order valence-electron chi connectivity index (χ4n) is 3.00. The average Bonchev–Trinajstić information content (AvgIpc) is 3.22. The van der Waals surface area contributed by atoms with Crippen LogP contribution in [0.2, 0.25) is 5.15 Å². The van der Waals surface area contributed by atoms with Gasteiger partial charge in [0.15, 0.2) is 17.3 Å². The van der Waals surface area contributed by atoms with Crippen molar-refractivity contribution in [2.75, 3.05) is 19.8 Å². The molecule has 3 rings (SSSR count). The number of hydrogen-bond donors (Lipinski definition) is 3. The number of fused-ring (bicyclic) bond motifs is 1. The molecular weight excluding hydrogens is 462 g/mol. The van der Waals surface area contributed by atoms with E-state index in [0.717, 1.165) is 5.69 Å². The number of amidine groups is 1. The van der Waals surface area contributed by atoms with Crippen molar-refractivity contribution in [3.8, 4) is 11.5 Å². The second-order valence-corrected chi connectivity index (χ2v) is 8.72. The van der Waals surface area contributed by atoms with E-state index in [4.69, 9.17) is 37.3 Å². The van der Waals surface area contributed by atoms with Crippen molar-refractivity contribution in [1.82, 2.24) is 20.3 Å². The van der Waals surface area contributed by atoms with Crippen LogP contribution in [-0.2, 0) is 11.2 Å². The van der Waals surface area contributed by atoms with Crippen LogP contribution in [0.4, 0.5) is 10.6 Å². The first-order valence-electron chi connectivity index (χ1n) is 10.7. The first-order valence-corrected chi connectivity index (χ1v) is 11.0. The van der Waals surface area contributed by atoms with Crippen molar-refractivity contribution in [2.45, 2.75) is 39.2 Å². The number of aliphatic imine (C=N–C) groups is 1. The van der Waals surface area contributed by atoms with Crippen LogP contribution < -0.4 is 26.3 Å². The van der Waals surface area contributed by atoms with Gasteiger partial charge in [-0.1, -0.05) is 11.6 Å². The molecule has 5 N–H and O–H groups in total. The van der Waals surface area contributed by atoms with Crippen molar-refractivity contribution in [1.29, 1.82) is 0 Å². The number of amides is 1. The minimum absolute atomic E-state index is 0.116. The molecule has 0 fully saturated rings. The highest BCUT2D eigenvalue weighted by molar-refractivity contribution is 6.29. The lowest BCUT2D eigenvalue weighted by molar-refractivity contribution is 0.0525. The maximum Gasteiger partial charge on any atom is 0.407 e. The van der Waals surface area contributed by atoms with Crippen LogP contribution in [0.1, 0.15) is 38.4 Å². The van der Waals surface area contributed by atoms with Crippen molar-refractivity contribution in [3.63, 3.8) is 0 Å². The number of aromatic nitrogens is 3. The van der Waals surface area contributed by atoms with Crippen LogP contribution in [0, 0.1) is 0 Å². The monoisotopic (exact) mass is 489 g/mol. The molecular formula is C22H28ClN7O4. The summed E-state index contributed by atoms with van der Waals surface area (Å²) in [5.74, 6) is 1.39. The molecule has 0 spiro atoms. The number of ether oxygens (including phenoxy) is 3. The molecule has 2 aromatic heterocycles. The van der Waals surface area contributed by atoms with Gasteiger partial charge in [0.2, 0.25) is 0 Å². The van der Waals surface area contributed by atoms with E-state index >= 15 is 0 Å². The van der Waals surface area contributed by atoms with Gasteiger partial charge < -0.3 is 31.0 Å². The number of halogens is 1. The summed E-state index contributed by atoms with van der Waals surface area (Å²) < 4.78 is 16.9. The molecule has 0 saturated carbocycles. The Hall–Kier alpha value is -3.60. The Labute approximate surface area is 202 Å². The third-order valence-corrected chi connectivity index (χ3v) is 4.54. The van der Waals surface area contributed by atoms with Gasteiger partial charge in [-0.15, -0.1) is 0 Å². The van der Waals surface area contributed by atoms with Crippen LogP contribution >= 0.6 is 11.6 Å². The summed E-state index contributed by atoms with van der Waals surface area (Å²) in [6.07, 6.45) is 6.58. The molecule has 1 amide bonds. The third-order valence-electron chi connectivity index (χ3n) is 4.35. The van der Waals surface area contributed by atoms with Crippen LogP contribution in [0.25, 0.3) is 5.70 Å². The molecule has 1 aliphatic heterocycles. The molecule has 0 radical (unpaired) electrons. The first-order chi connectivity index (χ1) is 16.1. The zero-order valence-electron chi connectivity index (χ0n) is 19.3. The molecule has 0 saturated heterocycles. The third kappa shape index (κ3) is 7.20. The van der Waals surface area contributed by atoms with Gasteiger partial charge in [-0.05, 0) is 27.2 Å². The maximum absolute atomic E-state index is 11.8. The molecule has 12 heteroatoms. The van der Waals surface area contributed by atoms with Crippen LogP contribution in [0.15, 0.2) is 29.7 Å². The summed E-state index contributed by atoms with van der Waals surface area (Å²) in [4.78, 5) is 28.3. The molecule has 11 nitrogen and oxygen atoms in total. The van der Waals surface area contributed by atoms with E-state index in [-0.39, 0.29) is 16.8 Å². The van der Waals surface area contributed by atoms with Gasteiger partial charge >= 0.3 is 6.09 Å². The predicted molar refractivity (Wildman–Crippen MR) is 128 cm³/mol. The number of alkyl carbamates (subject to hydrolysis) is 1. The Morgan fingerprint density at radius 2 is 2.06 bits per heavy atom. The lowest BCUT2D eigenvalue weighted by Crippen LogP contribution is -2.33. The number of hydrogen-bond acceptors (Lipinski definition) is 9. The second kappa shape index (κ2) is 11.0. The highest BCUT2D eigenvalue weighted by Crippen LogP contribution is 2.37. The molecule has 0 unspecified atom stereocenters. The number of pyridine rings is 1. The van der Waals surface area contributed by atoms with E-state index in [0.29, 0.717) is 55.4 Å². The Kier molecular flexibility index (Phi) is 8.11. The number of nitrogens with zero attached hydrogens (tertiary/aromatic N) is 4. The number of rotatable bonds is 8. The van der Waals surface area contributed by atoms with E-state index in [1.165, 1.54) is 18.5 Å². The van der Waals surface area contributed by atoms with Gasteiger partial charge in [0.05, 0.1) is 48.8 Å². The van der Waals surface area contributed by atoms with Crippen LogP contribution in [-0.4, -0.2) is 52.2 Å². The molecule has 0 atom stereocenters. The summed E-state index contributed by atoms with van der Waals surface area (Å²) in [6, 6.07) is 0. The molecule has 182 valence electrons. The minimum atomic E-state index is -0.555. The van der Waals surface area contributed by atoms with Gasteiger partial charge in [0.25, 0.3) is 0 Å². The van der Waals surface area contributed by atoms with Crippen molar-refractivity contribution in [2.24, 2.45) is 16.5 Å². The van der Waals surface area contributed by atoms with E-state index < -0.39 is 11.7 Å². The summed E-state index contributed by atoms with van der Waals surface area (Å²) in [5.41, 5.74) is 13.5. The topological polar surface area (TPSA) is 160 Å². The lowest BCUT2D eigenvalue weighted by atomic mass is 10.1. The van der Waals surface area contributed by atoms with Gasteiger partial charge in [-0.2, -0.15) is 0 Å². The zero-order valence-corrected chi connectivity index (χ0v) is 20.1. The fourth-order valence-corrected chi connectivity index (χ4v) is 3.10. The molecule has 2 aromatic rings. The smallest absolute Gasteiger partial charge is 0.407 e. The quantitative estimate of drug-likeness (QED) is 0.287. The summed E-state index contributed by atoms with van der Waals surface area (Å²) in [7, 11) is 0. The molecule has 34 heavy (non-hydrogen) atoms. The highest BCUT2D eigenvalue weighted by Gasteiger charge is 2.24. The number of nitrogens with two attached hydrogens (primary N) is 2. The number of carbonyl (C=O) groups is 1. The number of carbonyl (C=O) groups excluding carboxylic acids is 1. The summed E-state index contributed by atoms with van der Waals surface area (Å²) in [6.45, 7) is 6.59. The number of nitrogens with one attached hydrogen (secondary N) is 1. The van der Waals surface area contributed by atoms with Crippen molar-refractivity contribution in [3.05, 3.63) is 41.1 Å². The second-order valence-electron chi connectivity index (χ2n) is 8.34. The first kappa shape index (κ1) is 25.0. The van der Waals surface area contributed by atoms with Gasteiger partial charge in [-0.25, -0.2) is 19.8 Å². The molecule has 0 bridgehead atoms. The lowest BCUT2D eigenvalue weighted by Gasteiger charge is -2.19. The van der Waals surface area contributed by atoms with E-state index in [1.54, 1.807) is 27.0 Å². The molecule has 1 aliphatic rings. The predicted octanol–water partition coefficient (Wildman–Crippen LogP) is 2.74. The van der Waals surface area contributed by atoms with E-state index in [2.05, 4.69) is 25.3 Å². The van der Waals surface area contributed by atoms with Gasteiger partial charge in [0, 0.05) is 19.0 Å². The Bertz CT molecular complexity index is 1080. The summed E-state index contributed by atoms with van der Waals surface area (Å²) in [5, 5.41) is 2.94. The van der Waals surface area contributed by atoms with E-state index in [9.17, 15) is 4.79 Å². The Morgan fingerprint density at radius 3 is 2.76 bits per heavy atom. The highest BCUT2D eigenvalue weighted by atomic mass is 35.5. The zero-order chi connectivity index (χ0) is 24.7. The van der Waals surface area contributed by atoms with Gasteiger partial charge in [0.1, 0.15) is 16.6 Å². The van der Waals surface area contributed by atoms with E-state index in [1.807, 2.05) is 0 Å². The fraction of sp³-hybridized carbons (Fsp3) is 0.409. The maximum atomic E-state index is 11.8. The Balaban J connectivity index is 1.69. The summed E-state index contributed by atoms with van der Waals surface area (Å²) >= 11 is 5.74.